The molecule has 0 atom stereocenters. The lowest BCUT2D eigenvalue weighted by Crippen LogP contribution is -2.14. The molecule has 0 saturated heterocycles. The predicted octanol–water partition coefficient (Wildman–Crippen LogP) is 4.77. The van der Waals surface area contributed by atoms with E-state index in [2.05, 4.69) is 26.6 Å². The minimum atomic E-state index is -0.560. The van der Waals surface area contributed by atoms with Crippen molar-refractivity contribution in [1.29, 1.82) is 0 Å². The van der Waals surface area contributed by atoms with Gasteiger partial charge >= 0.3 is 0 Å². The Morgan fingerprint density at radius 3 is 1.35 bits per heavy atom. The summed E-state index contributed by atoms with van der Waals surface area (Å²) in [5, 5.41) is 26.8. The minimum Gasteiger partial charge on any atom is -0.322 e. The SMILES string of the molecule is O=C(Nc1cc(Br)cc(NC(=O)c2ccc([N+](=O)[O-])cc2)c1)c1ccc([N+](=O)[O-])cc1. The second-order valence-electron chi connectivity index (χ2n) is 6.24. The number of carbonyl (C=O) groups excluding carboxylic acids is 2. The molecule has 31 heavy (non-hydrogen) atoms. The van der Waals surface area contributed by atoms with Crippen LogP contribution in [0.2, 0.25) is 0 Å². The topological polar surface area (TPSA) is 144 Å². The van der Waals surface area contributed by atoms with Gasteiger partial charge in [0.05, 0.1) is 9.85 Å². The van der Waals surface area contributed by atoms with Crippen LogP contribution in [0.4, 0.5) is 22.7 Å². The molecule has 3 aromatic carbocycles. The van der Waals surface area contributed by atoms with Gasteiger partial charge in [0.25, 0.3) is 23.2 Å². The summed E-state index contributed by atoms with van der Waals surface area (Å²) >= 11 is 3.30. The van der Waals surface area contributed by atoms with Gasteiger partial charge in [0.15, 0.2) is 0 Å². The number of carbonyl (C=O) groups is 2. The summed E-state index contributed by atoms with van der Waals surface area (Å²) in [4.78, 5) is 45.1. The Bertz CT molecular complexity index is 1090. The highest BCUT2D eigenvalue weighted by Crippen LogP contribution is 2.25. The van der Waals surface area contributed by atoms with Crippen molar-refractivity contribution in [3.8, 4) is 0 Å². The molecular weight excluding hydrogens is 472 g/mol. The van der Waals surface area contributed by atoms with Gasteiger partial charge in [-0.25, -0.2) is 0 Å². The molecule has 0 fully saturated rings. The number of non-ortho nitro benzene ring substituents is 2. The highest BCUT2D eigenvalue weighted by Gasteiger charge is 2.13. The summed E-state index contributed by atoms with van der Waals surface area (Å²) in [5.41, 5.74) is 0.933. The lowest BCUT2D eigenvalue weighted by molar-refractivity contribution is -0.385. The molecule has 0 saturated carbocycles. The van der Waals surface area contributed by atoms with Crippen LogP contribution in [0, 0.1) is 20.2 Å². The zero-order valence-electron chi connectivity index (χ0n) is 15.6. The molecule has 0 aliphatic rings. The average Bonchev–Trinajstić information content (AvgIpc) is 2.73. The molecule has 2 N–H and O–H groups in total. The molecule has 0 aliphatic carbocycles. The van der Waals surface area contributed by atoms with E-state index in [-0.39, 0.29) is 22.5 Å². The molecule has 0 heterocycles. The Morgan fingerprint density at radius 1 is 0.677 bits per heavy atom. The molecule has 156 valence electrons. The van der Waals surface area contributed by atoms with Gasteiger partial charge in [-0.2, -0.15) is 0 Å². The highest BCUT2D eigenvalue weighted by molar-refractivity contribution is 9.10. The second-order valence-corrected chi connectivity index (χ2v) is 7.16. The number of nitro groups is 2. The van der Waals surface area contributed by atoms with E-state index in [9.17, 15) is 29.8 Å². The molecule has 2 amide bonds. The Kier molecular flexibility index (Phi) is 6.36. The first-order chi connectivity index (χ1) is 14.7. The molecule has 11 heteroatoms. The van der Waals surface area contributed by atoms with Gasteiger partial charge in [0.1, 0.15) is 0 Å². The Labute approximate surface area is 183 Å². The van der Waals surface area contributed by atoms with Crippen molar-refractivity contribution < 1.29 is 19.4 Å². The molecule has 0 unspecified atom stereocenters. The van der Waals surface area contributed by atoms with E-state index in [1.54, 1.807) is 12.1 Å². The summed E-state index contributed by atoms with van der Waals surface area (Å²) in [6, 6.07) is 15.0. The summed E-state index contributed by atoms with van der Waals surface area (Å²) in [6.07, 6.45) is 0. The number of anilines is 2. The summed E-state index contributed by atoms with van der Waals surface area (Å²) < 4.78 is 0.577. The van der Waals surface area contributed by atoms with Crippen molar-refractivity contribution in [3.05, 3.63) is 103 Å². The van der Waals surface area contributed by atoms with E-state index in [0.29, 0.717) is 15.8 Å². The molecule has 10 nitrogen and oxygen atoms in total. The van der Waals surface area contributed by atoms with Crippen LogP contribution in [0.3, 0.4) is 0 Å². The fourth-order valence-electron chi connectivity index (χ4n) is 2.61. The van der Waals surface area contributed by atoms with Crippen LogP contribution >= 0.6 is 15.9 Å². The van der Waals surface area contributed by atoms with E-state index in [1.165, 1.54) is 54.6 Å². The third-order valence-electron chi connectivity index (χ3n) is 4.09. The number of nitrogens with zero attached hydrogens (tertiary/aromatic N) is 2. The van der Waals surface area contributed by atoms with Gasteiger partial charge in [-0.3, -0.25) is 29.8 Å². The van der Waals surface area contributed by atoms with E-state index < -0.39 is 21.7 Å². The zero-order valence-corrected chi connectivity index (χ0v) is 17.2. The first kappa shape index (κ1) is 21.6. The Hall–Kier alpha value is -4.12. The van der Waals surface area contributed by atoms with Crippen molar-refractivity contribution in [2.24, 2.45) is 0 Å². The maximum Gasteiger partial charge on any atom is 0.269 e. The van der Waals surface area contributed by atoms with Gasteiger partial charge < -0.3 is 10.6 Å². The van der Waals surface area contributed by atoms with E-state index in [4.69, 9.17) is 0 Å². The van der Waals surface area contributed by atoms with Gasteiger partial charge in [0.2, 0.25) is 0 Å². The first-order valence-electron chi connectivity index (χ1n) is 8.65. The summed E-state index contributed by atoms with van der Waals surface area (Å²) in [6.45, 7) is 0. The van der Waals surface area contributed by atoms with Gasteiger partial charge in [-0.15, -0.1) is 0 Å². The van der Waals surface area contributed by atoms with Crippen LogP contribution in [0.1, 0.15) is 20.7 Å². The maximum absolute atomic E-state index is 12.4. The standard InChI is InChI=1S/C20H13BrN4O6/c21-14-9-15(22-19(26)12-1-5-17(6-2-12)24(28)29)11-16(10-14)23-20(27)13-3-7-18(8-4-13)25(30)31/h1-11H,(H,22,26)(H,23,27). The number of amides is 2. The molecule has 0 aromatic heterocycles. The van der Waals surface area contributed by atoms with Crippen molar-refractivity contribution in [3.63, 3.8) is 0 Å². The maximum atomic E-state index is 12.4. The fraction of sp³-hybridized carbons (Fsp3) is 0. The molecule has 0 radical (unpaired) electrons. The predicted molar refractivity (Wildman–Crippen MR) is 116 cm³/mol. The van der Waals surface area contributed by atoms with Crippen LogP contribution in [-0.4, -0.2) is 21.7 Å². The number of nitrogens with one attached hydrogen (secondary N) is 2. The smallest absolute Gasteiger partial charge is 0.269 e. The number of rotatable bonds is 6. The third-order valence-corrected chi connectivity index (χ3v) is 4.55. The lowest BCUT2D eigenvalue weighted by atomic mass is 10.1. The van der Waals surface area contributed by atoms with Crippen LogP contribution < -0.4 is 10.6 Å². The number of nitro benzene ring substituents is 2. The Morgan fingerprint density at radius 2 is 1.03 bits per heavy atom. The van der Waals surface area contributed by atoms with Crippen LogP contribution in [0.15, 0.2) is 71.2 Å². The quantitative estimate of drug-likeness (QED) is 0.380. The molecule has 0 aliphatic heterocycles. The third kappa shape index (κ3) is 5.48. The highest BCUT2D eigenvalue weighted by atomic mass is 79.9. The minimum absolute atomic E-state index is 0.129. The fourth-order valence-corrected chi connectivity index (χ4v) is 3.10. The largest absolute Gasteiger partial charge is 0.322 e. The first-order valence-corrected chi connectivity index (χ1v) is 9.44. The Balaban J connectivity index is 1.73. The number of halogens is 1. The van der Waals surface area contributed by atoms with Crippen LogP contribution in [0.5, 0.6) is 0 Å². The number of hydrogen-bond acceptors (Lipinski definition) is 6. The van der Waals surface area contributed by atoms with E-state index in [1.807, 2.05) is 0 Å². The monoisotopic (exact) mass is 484 g/mol. The second kappa shape index (κ2) is 9.13. The molecule has 3 aromatic rings. The summed E-state index contributed by atoms with van der Waals surface area (Å²) in [5.74, 6) is -0.971. The van der Waals surface area contributed by atoms with Crippen molar-refractivity contribution in [2.75, 3.05) is 10.6 Å². The molecule has 3 rings (SSSR count). The molecule has 0 bridgehead atoms. The lowest BCUT2D eigenvalue weighted by Gasteiger charge is -2.10. The average molecular weight is 485 g/mol. The van der Waals surface area contributed by atoms with E-state index in [0.717, 1.165) is 0 Å². The molecular formula is C20H13BrN4O6. The summed E-state index contributed by atoms with van der Waals surface area (Å²) in [7, 11) is 0. The number of benzene rings is 3. The van der Waals surface area contributed by atoms with Crippen molar-refractivity contribution >= 4 is 50.5 Å². The number of hydrogen-bond donors (Lipinski definition) is 2. The van der Waals surface area contributed by atoms with Crippen LogP contribution in [0.25, 0.3) is 0 Å². The van der Waals surface area contributed by atoms with Gasteiger partial charge in [-0.1, -0.05) is 15.9 Å². The van der Waals surface area contributed by atoms with Gasteiger partial charge in [-0.05, 0) is 42.5 Å². The van der Waals surface area contributed by atoms with Crippen molar-refractivity contribution in [1.82, 2.24) is 0 Å². The normalized spacial score (nSPS) is 10.2. The van der Waals surface area contributed by atoms with E-state index >= 15 is 0 Å². The van der Waals surface area contributed by atoms with Gasteiger partial charge in [0, 0.05) is 51.2 Å². The zero-order chi connectivity index (χ0) is 22.5. The van der Waals surface area contributed by atoms with Crippen molar-refractivity contribution in [2.45, 2.75) is 0 Å². The van der Waals surface area contributed by atoms with Crippen LogP contribution in [-0.2, 0) is 0 Å². The molecule has 0 spiro atoms.